The molecule has 0 radical (unpaired) electrons. The first-order chi connectivity index (χ1) is 12.9. The number of hydrogen-bond acceptors (Lipinski definition) is 5. The third-order valence-corrected chi connectivity index (χ3v) is 4.60. The Bertz CT molecular complexity index is 826. The molecule has 1 N–H and O–H groups in total. The van der Waals surface area contributed by atoms with Crippen LogP contribution in [0.25, 0.3) is 0 Å². The van der Waals surface area contributed by atoms with Gasteiger partial charge in [0.2, 0.25) is 0 Å². The van der Waals surface area contributed by atoms with E-state index in [4.69, 9.17) is 4.74 Å². The first-order valence-electron chi connectivity index (χ1n) is 8.87. The molecule has 1 atom stereocenters. The van der Waals surface area contributed by atoms with Gasteiger partial charge in [-0.2, -0.15) is 0 Å². The van der Waals surface area contributed by atoms with Gasteiger partial charge in [0.05, 0.1) is 6.61 Å². The zero-order valence-electron chi connectivity index (χ0n) is 14.6. The summed E-state index contributed by atoms with van der Waals surface area (Å²) in [6.45, 7) is 2.34. The van der Waals surface area contributed by atoms with Crippen molar-refractivity contribution in [1.29, 1.82) is 0 Å². The molecule has 0 amide bonds. The summed E-state index contributed by atoms with van der Waals surface area (Å²) in [7, 11) is 0. The minimum atomic E-state index is -0.251. The zero-order chi connectivity index (χ0) is 17.6. The van der Waals surface area contributed by atoms with Crippen LogP contribution in [0.5, 0.6) is 0 Å². The van der Waals surface area contributed by atoms with Gasteiger partial charge in [-0.1, -0.05) is 54.6 Å². The predicted octanol–water partition coefficient (Wildman–Crippen LogP) is 3.45. The molecule has 1 aliphatic heterocycles. The SMILES string of the molecule is c1ccc(CO[C@@H](Nc2ccncn2)N2CCc3ccccc3C2)cc1. The average molecular weight is 346 g/mol. The van der Waals surface area contributed by atoms with E-state index in [2.05, 4.69) is 56.6 Å². The fourth-order valence-electron chi connectivity index (χ4n) is 3.21. The van der Waals surface area contributed by atoms with Crippen molar-refractivity contribution in [3.63, 3.8) is 0 Å². The number of aromatic nitrogens is 2. The summed E-state index contributed by atoms with van der Waals surface area (Å²) in [6.07, 6.45) is 4.04. The smallest absolute Gasteiger partial charge is 0.188 e. The van der Waals surface area contributed by atoms with Crippen LogP contribution in [0.1, 0.15) is 16.7 Å². The second kappa shape index (κ2) is 8.08. The van der Waals surface area contributed by atoms with Crippen molar-refractivity contribution >= 4 is 5.82 Å². The minimum Gasteiger partial charge on any atom is -0.340 e. The van der Waals surface area contributed by atoms with Gasteiger partial charge in [-0.15, -0.1) is 0 Å². The van der Waals surface area contributed by atoms with Crippen LogP contribution in [0.3, 0.4) is 0 Å². The molecule has 0 saturated carbocycles. The predicted molar refractivity (Wildman–Crippen MR) is 101 cm³/mol. The minimum absolute atomic E-state index is 0.251. The van der Waals surface area contributed by atoms with Crippen LogP contribution in [-0.4, -0.2) is 27.8 Å². The molecule has 26 heavy (non-hydrogen) atoms. The number of nitrogens with one attached hydrogen (secondary N) is 1. The second-order valence-corrected chi connectivity index (χ2v) is 6.38. The molecule has 132 valence electrons. The Morgan fingerprint density at radius 2 is 1.81 bits per heavy atom. The van der Waals surface area contributed by atoms with E-state index < -0.39 is 0 Å². The number of ether oxygens (including phenoxy) is 1. The highest BCUT2D eigenvalue weighted by atomic mass is 16.5. The maximum absolute atomic E-state index is 6.24. The summed E-state index contributed by atoms with van der Waals surface area (Å²) in [6, 6.07) is 20.7. The molecule has 3 aromatic rings. The fraction of sp³-hybridized carbons (Fsp3) is 0.238. The van der Waals surface area contributed by atoms with Gasteiger partial charge >= 0.3 is 0 Å². The van der Waals surface area contributed by atoms with Gasteiger partial charge in [0, 0.05) is 19.3 Å². The van der Waals surface area contributed by atoms with Gasteiger partial charge in [0.25, 0.3) is 0 Å². The molecular formula is C21H22N4O. The molecule has 1 aromatic heterocycles. The van der Waals surface area contributed by atoms with Crippen LogP contribution in [0, 0.1) is 0 Å². The Morgan fingerprint density at radius 1 is 1.00 bits per heavy atom. The van der Waals surface area contributed by atoms with E-state index >= 15 is 0 Å². The topological polar surface area (TPSA) is 50.3 Å². The van der Waals surface area contributed by atoms with E-state index in [9.17, 15) is 0 Å². The molecular weight excluding hydrogens is 324 g/mol. The van der Waals surface area contributed by atoms with E-state index in [1.54, 1.807) is 12.5 Å². The lowest BCUT2D eigenvalue weighted by Crippen LogP contribution is -2.45. The van der Waals surface area contributed by atoms with Crippen molar-refractivity contribution in [2.24, 2.45) is 0 Å². The number of benzene rings is 2. The van der Waals surface area contributed by atoms with E-state index in [0.29, 0.717) is 6.61 Å². The van der Waals surface area contributed by atoms with Crippen molar-refractivity contribution in [1.82, 2.24) is 14.9 Å². The third-order valence-electron chi connectivity index (χ3n) is 4.60. The van der Waals surface area contributed by atoms with Crippen molar-refractivity contribution in [2.75, 3.05) is 11.9 Å². The summed E-state index contributed by atoms with van der Waals surface area (Å²) >= 11 is 0. The Hall–Kier alpha value is -2.76. The Labute approximate surface area is 153 Å². The molecule has 0 unspecified atom stereocenters. The van der Waals surface area contributed by atoms with Gasteiger partial charge in [-0.3, -0.25) is 4.90 Å². The number of fused-ring (bicyclic) bond motifs is 1. The van der Waals surface area contributed by atoms with E-state index in [-0.39, 0.29) is 6.35 Å². The molecule has 0 saturated heterocycles. The average Bonchev–Trinajstić information content (AvgIpc) is 2.72. The molecule has 0 fully saturated rings. The molecule has 0 bridgehead atoms. The Kier molecular flexibility index (Phi) is 5.19. The summed E-state index contributed by atoms with van der Waals surface area (Å²) < 4.78 is 6.24. The first-order valence-corrected chi connectivity index (χ1v) is 8.87. The van der Waals surface area contributed by atoms with Crippen LogP contribution >= 0.6 is 0 Å². The van der Waals surface area contributed by atoms with Crippen molar-refractivity contribution < 1.29 is 4.74 Å². The summed E-state index contributed by atoms with van der Waals surface area (Å²) in [5.41, 5.74) is 3.93. The normalized spacial score (nSPS) is 15.2. The molecule has 5 nitrogen and oxygen atoms in total. The fourth-order valence-corrected chi connectivity index (χ4v) is 3.21. The van der Waals surface area contributed by atoms with Crippen LogP contribution in [0.15, 0.2) is 73.2 Å². The lowest BCUT2D eigenvalue weighted by atomic mass is 10.0. The van der Waals surface area contributed by atoms with Crippen molar-refractivity contribution in [2.45, 2.75) is 25.9 Å². The molecule has 4 rings (SSSR count). The molecule has 2 aromatic carbocycles. The highest BCUT2D eigenvalue weighted by molar-refractivity contribution is 5.33. The highest BCUT2D eigenvalue weighted by Gasteiger charge is 2.24. The Morgan fingerprint density at radius 3 is 2.62 bits per heavy atom. The quantitative estimate of drug-likeness (QED) is 0.693. The number of nitrogens with zero attached hydrogens (tertiary/aromatic N) is 3. The molecule has 2 heterocycles. The second-order valence-electron chi connectivity index (χ2n) is 6.38. The number of rotatable bonds is 6. The van der Waals surface area contributed by atoms with Crippen LogP contribution in [0.4, 0.5) is 5.82 Å². The molecule has 5 heteroatoms. The van der Waals surface area contributed by atoms with Gasteiger partial charge in [-0.25, -0.2) is 9.97 Å². The van der Waals surface area contributed by atoms with Crippen molar-refractivity contribution in [3.05, 3.63) is 89.9 Å². The summed E-state index contributed by atoms with van der Waals surface area (Å²) in [5.74, 6) is 0.761. The standard InChI is InChI=1S/C21H22N4O/c1-2-6-17(7-3-1)15-26-21(24-20-10-12-22-16-23-20)25-13-11-18-8-4-5-9-19(18)14-25/h1-10,12,16,21H,11,13-15H2,(H,22,23,24)/t21-/m0/s1. The van der Waals surface area contributed by atoms with Gasteiger partial charge in [-0.05, 0) is 29.2 Å². The van der Waals surface area contributed by atoms with Crippen LogP contribution in [-0.2, 0) is 24.3 Å². The largest absolute Gasteiger partial charge is 0.340 e. The number of anilines is 1. The van der Waals surface area contributed by atoms with Crippen LogP contribution < -0.4 is 5.32 Å². The zero-order valence-corrected chi connectivity index (χ0v) is 14.6. The van der Waals surface area contributed by atoms with Crippen molar-refractivity contribution in [3.8, 4) is 0 Å². The van der Waals surface area contributed by atoms with Gasteiger partial charge in [0.1, 0.15) is 12.1 Å². The number of hydrogen-bond donors (Lipinski definition) is 1. The van der Waals surface area contributed by atoms with Gasteiger partial charge < -0.3 is 10.1 Å². The van der Waals surface area contributed by atoms with Crippen LogP contribution in [0.2, 0.25) is 0 Å². The Balaban J connectivity index is 1.50. The van der Waals surface area contributed by atoms with E-state index in [0.717, 1.165) is 30.9 Å². The maximum Gasteiger partial charge on any atom is 0.188 e. The molecule has 0 spiro atoms. The van der Waals surface area contributed by atoms with E-state index in [1.165, 1.54) is 11.1 Å². The summed E-state index contributed by atoms with van der Waals surface area (Å²) in [5, 5.41) is 3.40. The third kappa shape index (κ3) is 4.07. The summed E-state index contributed by atoms with van der Waals surface area (Å²) in [4.78, 5) is 10.6. The first kappa shape index (κ1) is 16.7. The molecule has 0 aliphatic carbocycles. The maximum atomic E-state index is 6.24. The van der Waals surface area contributed by atoms with E-state index in [1.807, 2.05) is 24.3 Å². The monoisotopic (exact) mass is 346 g/mol. The van der Waals surface area contributed by atoms with Gasteiger partial charge in [0.15, 0.2) is 6.35 Å². The highest BCUT2D eigenvalue weighted by Crippen LogP contribution is 2.22. The lowest BCUT2D eigenvalue weighted by molar-refractivity contribution is -0.0570. The molecule has 1 aliphatic rings. The lowest BCUT2D eigenvalue weighted by Gasteiger charge is -2.35.